The smallest absolute Gasteiger partial charge is 0.239 e. The molecule has 1 aromatic rings. The van der Waals surface area contributed by atoms with Crippen LogP contribution in [-0.4, -0.2) is 59.5 Å². The number of hydrogen-bond acceptors (Lipinski definition) is 5. The monoisotopic (exact) mass is 374 g/mol. The largest absolute Gasteiger partial charge is 0.360 e. The summed E-state index contributed by atoms with van der Waals surface area (Å²) in [6.07, 6.45) is 2.23. The lowest BCUT2D eigenvalue weighted by molar-refractivity contribution is -0.135. The van der Waals surface area contributed by atoms with Crippen molar-refractivity contribution in [2.45, 2.75) is 34.6 Å². The normalized spacial score (nSPS) is 24.4. The van der Waals surface area contributed by atoms with Crippen LogP contribution in [0.25, 0.3) is 0 Å². The Labute approximate surface area is 160 Å². The summed E-state index contributed by atoms with van der Waals surface area (Å²) >= 11 is 0. The highest BCUT2D eigenvalue weighted by Gasteiger charge is 2.61. The third kappa shape index (κ3) is 4.40. The molecule has 2 atom stereocenters. The number of amides is 2. The summed E-state index contributed by atoms with van der Waals surface area (Å²) in [5.74, 6) is 1.65. The van der Waals surface area contributed by atoms with Gasteiger partial charge >= 0.3 is 0 Å². The van der Waals surface area contributed by atoms with Crippen molar-refractivity contribution in [3.63, 3.8) is 0 Å². The number of piperazine rings is 1. The summed E-state index contributed by atoms with van der Waals surface area (Å²) in [7, 11) is 0. The van der Waals surface area contributed by atoms with Crippen molar-refractivity contribution in [1.29, 1.82) is 0 Å². The van der Waals surface area contributed by atoms with Crippen LogP contribution in [-0.2, 0) is 9.59 Å². The zero-order valence-corrected chi connectivity index (χ0v) is 16.9. The number of rotatable bonds is 5. The summed E-state index contributed by atoms with van der Waals surface area (Å²) in [5, 5.41) is 6.50. The van der Waals surface area contributed by atoms with Gasteiger partial charge in [-0.15, -0.1) is 0 Å². The Kier molecular flexibility index (Phi) is 5.42. The van der Waals surface area contributed by atoms with Crippen LogP contribution in [0.3, 0.4) is 0 Å². The average molecular weight is 374 g/mol. The molecule has 148 valence electrons. The quantitative estimate of drug-likeness (QED) is 0.800. The first-order valence-electron chi connectivity index (χ1n) is 9.58. The lowest BCUT2D eigenvalue weighted by Crippen LogP contribution is -2.51. The zero-order valence-electron chi connectivity index (χ0n) is 16.9. The molecule has 3 rings (SSSR count). The van der Waals surface area contributed by atoms with Crippen molar-refractivity contribution < 1.29 is 14.1 Å². The van der Waals surface area contributed by atoms with E-state index in [2.05, 4.69) is 49.1 Å². The van der Waals surface area contributed by atoms with E-state index in [0.29, 0.717) is 50.2 Å². The van der Waals surface area contributed by atoms with Gasteiger partial charge in [0, 0.05) is 32.2 Å². The first kappa shape index (κ1) is 19.6. The molecule has 1 aromatic heterocycles. The van der Waals surface area contributed by atoms with Gasteiger partial charge in [-0.2, -0.15) is 0 Å². The van der Waals surface area contributed by atoms with Gasteiger partial charge in [0.2, 0.25) is 11.8 Å². The Morgan fingerprint density at radius 3 is 2.52 bits per heavy atom. The maximum Gasteiger partial charge on any atom is 0.239 e. The van der Waals surface area contributed by atoms with Gasteiger partial charge in [0.15, 0.2) is 5.82 Å². The van der Waals surface area contributed by atoms with E-state index in [0.717, 1.165) is 0 Å². The van der Waals surface area contributed by atoms with Crippen LogP contribution in [0.1, 0.15) is 33.5 Å². The number of nitrogens with one attached hydrogen (secondary N) is 1. The molecule has 2 unspecified atom stereocenters. The fourth-order valence-electron chi connectivity index (χ4n) is 3.95. The lowest BCUT2D eigenvalue weighted by Gasteiger charge is -2.34. The first-order chi connectivity index (χ1) is 12.7. The van der Waals surface area contributed by atoms with Crippen molar-refractivity contribution in [3.8, 4) is 0 Å². The highest BCUT2D eigenvalue weighted by molar-refractivity contribution is 5.91. The maximum absolute atomic E-state index is 12.9. The molecule has 1 saturated carbocycles. The van der Waals surface area contributed by atoms with Crippen molar-refractivity contribution in [3.05, 3.63) is 23.5 Å². The van der Waals surface area contributed by atoms with Crippen molar-refractivity contribution in [2.24, 2.45) is 17.3 Å². The average Bonchev–Trinajstić information content (AvgIpc) is 2.88. The van der Waals surface area contributed by atoms with E-state index < -0.39 is 0 Å². The SMILES string of the molecule is CC(C)=CC1C(C(=O)N2CCN(CC(=O)Nc3cc(C)on3)CC2)C1(C)C. The van der Waals surface area contributed by atoms with Crippen molar-refractivity contribution in [2.75, 3.05) is 38.0 Å². The van der Waals surface area contributed by atoms with Gasteiger partial charge in [0.25, 0.3) is 0 Å². The first-order valence-corrected chi connectivity index (χ1v) is 9.58. The van der Waals surface area contributed by atoms with Crippen LogP contribution in [0.4, 0.5) is 5.82 Å². The van der Waals surface area contributed by atoms with Gasteiger partial charge < -0.3 is 14.7 Å². The highest BCUT2D eigenvalue weighted by Crippen LogP contribution is 2.60. The molecule has 27 heavy (non-hydrogen) atoms. The Morgan fingerprint density at radius 1 is 1.30 bits per heavy atom. The second kappa shape index (κ2) is 7.46. The van der Waals surface area contributed by atoms with E-state index in [1.165, 1.54) is 5.57 Å². The summed E-state index contributed by atoms with van der Waals surface area (Å²) in [6.45, 7) is 13.3. The molecular formula is C20H30N4O3. The molecule has 1 N–H and O–H groups in total. The molecule has 1 saturated heterocycles. The molecule has 0 spiro atoms. The van der Waals surface area contributed by atoms with Crippen LogP contribution < -0.4 is 5.32 Å². The van der Waals surface area contributed by atoms with E-state index in [-0.39, 0.29) is 23.1 Å². The number of carbonyl (C=O) groups is 2. The van der Waals surface area contributed by atoms with E-state index in [1.54, 1.807) is 13.0 Å². The third-order valence-electron chi connectivity index (χ3n) is 5.64. The molecule has 7 heteroatoms. The molecular weight excluding hydrogens is 344 g/mol. The number of anilines is 1. The predicted octanol–water partition coefficient (Wildman–Crippen LogP) is 2.30. The molecule has 7 nitrogen and oxygen atoms in total. The number of hydrogen-bond donors (Lipinski definition) is 1. The summed E-state index contributed by atoms with van der Waals surface area (Å²) in [6, 6.07) is 1.69. The summed E-state index contributed by atoms with van der Waals surface area (Å²) in [5.41, 5.74) is 1.31. The lowest BCUT2D eigenvalue weighted by atomic mass is 10.1. The van der Waals surface area contributed by atoms with Gasteiger partial charge in [0.1, 0.15) is 5.76 Å². The topological polar surface area (TPSA) is 78.7 Å². The van der Waals surface area contributed by atoms with Gasteiger partial charge in [-0.25, -0.2) is 0 Å². The molecule has 2 fully saturated rings. The summed E-state index contributed by atoms with van der Waals surface area (Å²) < 4.78 is 4.95. The molecule has 1 aliphatic carbocycles. The Morgan fingerprint density at radius 2 is 1.96 bits per heavy atom. The van der Waals surface area contributed by atoms with Crippen molar-refractivity contribution >= 4 is 17.6 Å². The van der Waals surface area contributed by atoms with Gasteiger partial charge in [-0.1, -0.05) is 30.7 Å². The molecule has 0 aromatic carbocycles. The fourth-order valence-corrected chi connectivity index (χ4v) is 3.95. The van der Waals surface area contributed by atoms with E-state index in [4.69, 9.17) is 4.52 Å². The predicted molar refractivity (Wildman–Crippen MR) is 103 cm³/mol. The van der Waals surface area contributed by atoms with Gasteiger partial charge in [0.05, 0.1) is 12.5 Å². The van der Waals surface area contributed by atoms with E-state index in [1.807, 2.05) is 4.90 Å². The Hall–Kier alpha value is -2.15. The minimum Gasteiger partial charge on any atom is -0.360 e. The number of aryl methyl sites for hydroxylation is 1. The number of aromatic nitrogens is 1. The minimum absolute atomic E-state index is 0.0428. The second-order valence-corrected chi connectivity index (χ2v) is 8.54. The molecule has 2 aliphatic rings. The number of nitrogens with zero attached hydrogens (tertiary/aromatic N) is 3. The molecule has 2 amide bonds. The van der Waals surface area contributed by atoms with E-state index in [9.17, 15) is 9.59 Å². The summed E-state index contributed by atoms with van der Waals surface area (Å²) in [4.78, 5) is 29.1. The zero-order chi connectivity index (χ0) is 19.8. The maximum atomic E-state index is 12.9. The number of allylic oxidation sites excluding steroid dienone is 2. The van der Waals surface area contributed by atoms with E-state index >= 15 is 0 Å². The standard InChI is InChI=1S/C20H30N4O3/c1-13(2)10-15-18(20(15,4)5)19(26)24-8-6-23(7-9-24)12-17(25)21-16-11-14(3)27-22-16/h10-11,15,18H,6-9,12H2,1-5H3,(H,21,22,25). The van der Waals surface area contributed by atoms with Crippen LogP contribution in [0.2, 0.25) is 0 Å². The van der Waals surface area contributed by atoms with Crippen LogP contribution in [0, 0.1) is 24.2 Å². The van der Waals surface area contributed by atoms with Gasteiger partial charge in [-0.3, -0.25) is 14.5 Å². The number of carbonyl (C=O) groups excluding carboxylic acids is 2. The highest BCUT2D eigenvalue weighted by atomic mass is 16.5. The van der Waals surface area contributed by atoms with Crippen LogP contribution in [0.5, 0.6) is 0 Å². The Balaban J connectivity index is 1.47. The minimum atomic E-state index is -0.116. The molecule has 0 bridgehead atoms. The molecule has 0 radical (unpaired) electrons. The van der Waals surface area contributed by atoms with Crippen molar-refractivity contribution in [1.82, 2.24) is 15.0 Å². The molecule has 1 aliphatic heterocycles. The molecule has 2 heterocycles. The second-order valence-electron chi connectivity index (χ2n) is 8.54. The van der Waals surface area contributed by atoms with Crippen LogP contribution >= 0.6 is 0 Å². The van der Waals surface area contributed by atoms with Gasteiger partial charge in [-0.05, 0) is 32.1 Å². The van der Waals surface area contributed by atoms with Crippen LogP contribution in [0.15, 0.2) is 22.2 Å². The Bertz CT molecular complexity index is 740. The third-order valence-corrected chi connectivity index (χ3v) is 5.64. The fraction of sp³-hybridized carbons (Fsp3) is 0.650.